The summed E-state index contributed by atoms with van der Waals surface area (Å²) in [6.07, 6.45) is 4.53. The van der Waals surface area contributed by atoms with Crippen LogP contribution in [0.1, 0.15) is 20.7 Å². The topological polar surface area (TPSA) is 103 Å². The van der Waals surface area contributed by atoms with Crippen LogP contribution in [0, 0.1) is 0 Å². The van der Waals surface area contributed by atoms with Crippen LogP contribution in [-0.4, -0.2) is 21.6 Å². The molecule has 0 fully saturated rings. The van der Waals surface area contributed by atoms with Crippen LogP contribution >= 0.6 is 0 Å². The second kappa shape index (κ2) is 6.99. The van der Waals surface area contributed by atoms with Crippen molar-refractivity contribution < 1.29 is 24.4 Å². The first-order valence-corrected chi connectivity index (χ1v) is 5.88. The van der Waals surface area contributed by atoms with Crippen LogP contribution in [0.2, 0.25) is 0 Å². The number of aromatic carboxylic acids is 2. The lowest BCUT2D eigenvalue weighted by atomic mass is 10.3. The summed E-state index contributed by atoms with van der Waals surface area (Å²) in [5, 5.41) is 18.7. The van der Waals surface area contributed by atoms with E-state index >= 15 is 0 Å². The zero-order valence-corrected chi connectivity index (χ0v) is 11.5. The second-order valence-electron chi connectivity index (χ2n) is 4.22. The predicted molar refractivity (Wildman–Crippen MR) is 70.6 cm³/mol. The smallest absolute Gasteiger partial charge is 0.337 e. The van der Waals surface area contributed by atoms with Crippen molar-refractivity contribution in [3.8, 4) is 0 Å². The van der Waals surface area contributed by atoms with Gasteiger partial charge in [0, 0.05) is 25.4 Å². The number of aryl methyl sites for hydroxylation is 2. The number of hydrogen-bond acceptors (Lipinski definition) is 4. The van der Waals surface area contributed by atoms with E-state index in [-0.39, 0.29) is 16.7 Å². The van der Waals surface area contributed by atoms with Crippen molar-refractivity contribution in [3.05, 3.63) is 64.3 Å². The Bertz CT molecular complexity index is 721. The molecule has 0 amide bonds. The molecule has 0 bridgehead atoms. The average Bonchev–Trinajstić information content (AvgIpc) is 2.42. The number of rotatable bonds is 2. The Kier molecular flexibility index (Phi) is 5.36. The van der Waals surface area contributed by atoms with E-state index in [1.54, 1.807) is 23.9 Å². The molecule has 2 rings (SSSR count). The maximum absolute atomic E-state index is 10.8. The highest BCUT2D eigenvalue weighted by molar-refractivity contribution is 5.87. The van der Waals surface area contributed by atoms with Gasteiger partial charge in [0.2, 0.25) is 5.56 Å². The number of pyridine rings is 2. The zero-order chi connectivity index (χ0) is 16.0. The maximum Gasteiger partial charge on any atom is 0.337 e. The Morgan fingerprint density at radius 1 is 1.24 bits per heavy atom. The molecule has 1 N–H and O–H groups in total. The minimum Gasteiger partial charge on any atom is -0.545 e. The van der Waals surface area contributed by atoms with Gasteiger partial charge < -0.3 is 19.6 Å². The van der Waals surface area contributed by atoms with E-state index in [4.69, 9.17) is 5.11 Å². The number of carboxylic acids is 2. The first-order chi connectivity index (χ1) is 9.81. The molecule has 0 radical (unpaired) electrons. The zero-order valence-electron chi connectivity index (χ0n) is 11.5. The minimum atomic E-state index is -1.14. The Morgan fingerprint density at radius 2 is 1.90 bits per heavy atom. The van der Waals surface area contributed by atoms with Crippen LogP contribution in [0.3, 0.4) is 0 Å². The first kappa shape index (κ1) is 16.1. The van der Waals surface area contributed by atoms with Crippen molar-refractivity contribution >= 4 is 11.9 Å². The number of carbonyl (C=O) groups is 2. The molecule has 110 valence electrons. The van der Waals surface area contributed by atoms with Crippen molar-refractivity contribution in [1.29, 1.82) is 0 Å². The molecule has 0 saturated carbocycles. The van der Waals surface area contributed by atoms with Gasteiger partial charge >= 0.3 is 5.97 Å². The summed E-state index contributed by atoms with van der Waals surface area (Å²) in [5.41, 5.74) is 0.104. The van der Waals surface area contributed by atoms with Crippen molar-refractivity contribution in [2.24, 2.45) is 14.1 Å². The molecule has 21 heavy (non-hydrogen) atoms. The fourth-order valence-electron chi connectivity index (χ4n) is 1.43. The third-order valence-electron chi connectivity index (χ3n) is 2.51. The fourth-order valence-corrected chi connectivity index (χ4v) is 1.43. The van der Waals surface area contributed by atoms with Crippen molar-refractivity contribution in [1.82, 2.24) is 4.57 Å². The molecule has 7 heteroatoms. The molecule has 0 aliphatic heterocycles. The van der Waals surface area contributed by atoms with Crippen LogP contribution in [0.15, 0.2) is 47.7 Å². The third-order valence-corrected chi connectivity index (χ3v) is 2.51. The molecule has 0 aliphatic rings. The molecule has 2 aromatic heterocycles. The van der Waals surface area contributed by atoms with E-state index in [1.807, 2.05) is 0 Å². The van der Waals surface area contributed by atoms with Crippen LogP contribution in [0.5, 0.6) is 0 Å². The average molecular weight is 290 g/mol. The van der Waals surface area contributed by atoms with Gasteiger partial charge in [-0.3, -0.25) is 4.79 Å². The second-order valence-corrected chi connectivity index (χ2v) is 4.22. The molecule has 0 saturated heterocycles. The summed E-state index contributed by atoms with van der Waals surface area (Å²) < 4.78 is 2.88. The van der Waals surface area contributed by atoms with Gasteiger partial charge in [-0.25, -0.2) is 9.36 Å². The Balaban J connectivity index is 0.000000211. The molecule has 0 atom stereocenters. The molecular weight excluding hydrogens is 276 g/mol. The summed E-state index contributed by atoms with van der Waals surface area (Å²) in [5.74, 6) is -2.17. The van der Waals surface area contributed by atoms with Gasteiger partial charge in [-0.2, -0.15) is 0 Å². The summed E-state index contributed by atoms with van der Waals surface area (Å²) in [6.45, 7) is 0. The van der Waals surface area contributed by atoms with Crippen molar-refractivity contribution in [2.45, 2.75) is 0 Å². The summed E-state index contributed by atoms with van der Waals surface area (Å²) >= 11 is 0. The highest BCUT2D eigenvalue weighted by Gasteiger charge is 2.01. The third kappa shape index (κ3) is 4.90. The number of carbonyl (C=O) groups excluding carboxylic acids is 1. The number of hydrogen-bond donors (Lipinski definition) is 1. The van der Waals surface area contributed by atoms with E-state index in [1.165, 1.54) is 42.2 Å². The van der Waals surface area contributed by atoms with Crippen molar-refractivity contribution in [3.63, 3.8) is 0 Å². The lowest BCUT2D eigenvalue weighted by Crippen LogP contribution is -2.31. The van der Waals surface area contributed by atoms with E-state index in [0.717, 1.165) is 0 Å². The van der Waals surface area contributed by atoms with E-state index < -0.39 is 11.9 Å². The number of aromatic nitrogens is 2. The Labute approximate surface area is 120 Å². The van der Waals surface area contributed by atoms with Gasteiger partial charge in [-0.05, 0) is 12.1 Å². The van der Waals surface area contributed by atoms with Gasteiger partial charge in [-0.1, -0.05) is 0 Å². The molecule has 2 aromatic rings. The van der Waals surface area contributed by atoms with Crippen molar-refractivity contribution in [2.75, 3.05) is 0 Å². The highest BCUT2D eigenvalue weighted by atomic mass is 16.4. The van der Waals surface area contributed by atoms with E-state index in [2.05, 4.69) is 0 Å². The van der Waals surface area contributed by atoms with Gasteiger partial charge in [0.1, 0.15) is 7.05 Å². The highest BCUT2D eigenvalue weighted by Crippen LogP contribution is 1.93. The summed E-state index contributed by atoms with van der Waals surface area (Å²) in [7, 11) is 3.27. The molecule has 0 aliphatic carbocycles. The first-order valence-electron chi connectivity index (χ1n) is 5.88. The van der Waals surface area contributed by atoms with Gasteiger partial charge in [-0.15, -0.1) is 0 Å². The van der Waals surface area contributed by atoms with Crippen LogP contribution < -0.4 is 15.2 Å². The molecule has 0 unspecified atom stereocenters. The summed E-state index contributed by atoms with van der Waals surface area (Å²) in [4.78, 5) is 31.3. The minimum absolute atomic E-state index is 0.118. The van der Waals surface area contributed by atoms with E-state index in [9.17, 15) is 19.5 Å². The standard InChI is InChI=1S/C7H7NO3.C7H7NO2/c1-8-4-5(7(10)11)2-3-6(8)9;1-8-4-2-3-6(5-8)7(9)10/h2-4H,1H3,(H,10,11);2-5H,1H3. The van der Waals surface area contributed by atoms with E-state index in [0.29, 0.717) is 0 Å². The molecular formula is C14H14N2O5. The van der Waals surface area contributed by atoms with Gasteiger partial charge in [0.05, 0.1) is 17.1 Å². The molecule has 2 heterocycles. The fraction of sp³-hybridized carbons (Fsp3) is 0.143. The lowest BCUT2D eigenvalue weighted by Gasteiger charge is -1.96. The molecule has 0 spiro atoms. The van der Waals surface area contributed by atoms with Gasteiger partial charge in [0.25, 0.3) is 0 Å². The summed E-state index contributed by atoms with van der Waals surface area (Å²) in [6, 6.07) is 5.66. The number of carboxylic acid groups (broad SMARTS) is 2. The Morgan fingerprint density at radius 3 is 2.33 bits per heavy atom. The molecule has 7 nitrogen and oxygen atoms in total. The van der Waals surface area contributed by atoms with Crippen LogP contribution in [-0.2, 0) is 14.1 Å². The largest absolute Gasteiger partial charge is 0.545 e. The predicted octanol–water partition coefficient (Wildman–Crippen LogP) is -1.04. The normalized spacial score (nSPS) is 9.43. The SMILES string of the molecule is C[n+]1cccc(C(=O)[O-])c1.Cn1cc(C(=O)O)ccc1=O. The lowest BCUT2D eigenvalue weighted by molar-refractivity contribution is -0.671. The Hall–Kier alpha value is -2.96. The monoisotopic (exact) mass is 290 g/mol. The van der Waals surface area contributed by atoms with Gasteiger partial charge in [0.15, 0.2) is 12.4 Å². The van der Waals surface area contributed by atoms with Crippen LogP contribution in [0.25, 0.3) is 0 Å². The maximum atomic E-state index is 10.8. The quantitative estimate of drug-likeness (QED) is 0.711. The number of nitrogens with zero attached hydrogens (tertiary/aromatic N) is 2. The van der Waals surface area contributed by atoms with Crippen LogP contribution in [0.4, 0.5) is 0 Å². The molecule has 0 aromatic carbocycles.